The Kier molecular flexibility index (Phi) is 15.8. The zero-order valence-electron chi connectivity index (χ0n) is 31.7. The normalized spacial score (nSPS) is 16.4. The fourth-order valence-electron chi connectivity index (χ4n) is 6.24. The van der Waals surface area contributed by atoms with Crippen LogP contribution in [0.15, 0.2) is 48.5 Å². The quantitative estimate of drug-likeness (QED) is 0.118. The lowest BCUT2D eigenvalue weighted by Gasteiger charge is -2.36. The van der Waals surface area contributed by atoms with Gasteiger partial charge in [-0.15, -0.1) is 0 Å². The number of benzene rings is 1. The van der Waals surface area contributed by atoms with E-state index in [1.807, 2.05) is 58.0 Å². The van der Waals surface area contributed by atoms with Gasteiger partial charge in [0.1, 0.15) is 12.1 Å². The molecule has 5 atom stereocenters. The summed E-state index contributed by atoms with van der Waals surface area (Å²) in [5.41, 5.74) is 4.13. The molecule has 1 aliphatic heterocycles. The van der Waals surface area contributed by atoms with Crippen molar-refractivity contribution in [1.82, 2.24) is 35.9 Å². The average molecular weight is 726 g/mol. The van der Waals surface area contributed by atoms with Gasteiger partial charge in [0.25, 0.3) is 5.91 Å². The Hall–Kier alpha value is -4.27. The van der Waals surface area contributed by atoms with Crippen molar-refractivity contribution < 1.29 is 34.5 Å². The van der Waals surface area contributed by atoms with E-state index in [4.69, 9.17) is 0 Å². The number of aliphatic hydroxyl groups is 2. The third kappa shape index (κ3) is 12.4. The van der Waals surface area contributed by atoms with Gasteiger partial charge in [-0.3, -0.25) is 20.0 Å². The topological polar surface area (TPSA) is 188 Å². The van der Waals surface area contributed by atoms with Crippen LogP contribution in [0, 0.1) is 17.3 Å². The third-order valence-corrected chi connectivity index (χ3v) is 9.43. The molecule has 14 nitrogen and oxygen atoms in total. The van der Waals surface area contributed by atoms with Gasteiger partial charge in [0.05, 0.1) is 36.7 Å². The summed E-state index contributed by atoms with van der Waals surface area (Å²) in [6.45, 7) is 14.3. The van der Waals surface area contributed by atoms with Gasteiger partial charge in [0.2, 0.25) is 5.91 Å². The number of urea groups is 1. The van der Waals surface area contributed by atoms with E-state index in [0.29, 0.717) is 43.9 Å². The first-order valence-corrected chi connectivity index (χ1v) is 18.2. The lowest BCUT2D eigenvalue weighted by molar-refractivity contribution is -0.132. The fourth-order valence-corrected chi connectivity index (χ4v) is 6.24. The van der Waals surface area contributed by atoms with Gasteiger partial charge in [-0.2, -0.15) is 0 Å². The SMILES string of the molecule is CC[C@H](C)[C@@H](C(=O)N[C@@H](Cc1ccccc1)[C@@H](O)CN(CCC(C)C)NC(=O)[C@@H](NC(=O)O)C(C)(C)C)N1CCN(Cc2cccc(CO)n2)C1=O. The molecule has 0 saturated carbocycles. The van der Waals surface area contributed by atoms with E-state index >= 15 is 0 Å². The number of nitrogens with one attached hydrogen (secondary N) is 3. The van der Waals surface area contributed by atoms with Gasteiger partial charge in [-0.1, -0.05) is 91.3 Å². The van der Waals surface area contributed by atoms with Crippen molar-refractivity contribution in [3.63, 3.8) is 0 Å². The molecule has 6 N–H and O–H groups in total. The summed E-state index contributed by atoms with van der Waals surface area (Å²) >= 11 is 0. The van der Waals surface area contributed by atoms with Crippen LogP contribution in [0.4, 0.5) is 9.59 Å². The van der Waals surface area contributed by atoms with Gasteiger partial charge in [0.15, 0.2) is 0 Å². The van der Waals surface area contributed by atoms with E-state index in [-0.39, 0.29) is 49.9 Å². The predicted octanol–water partition coefficient (Wildman–Crippen LogP) is 3.38. The minimum absolute atomic E-state index is 0.0511. The maximum absolute atomic E-state index is 14.3. The van der Waals surface area contributed by atoms with Crippen molar-refractivity contribution in [3.8, 4) is 0 Å². The number of carbonyl (C=O) groups is 4. The Labute approximate surface area is 307 Å². The molecule has 0 spiro atoms. The summed E-state index contributed by atoms with van der Waals surface area (Å²) in [6, 6.07) is 11.8. The molecule has 1 fully saturated rings. The minimum atomic E-state index is -1.32. The average Bonchev–Trinajstić information content (AvgIpc) is 3.43. The number of amides is 5. The van der Waals surface area contributed by atoms with Crippen molar-refractivity contribution >= 4 is 23.9 Å². The molecule has 3 rings (SSSR count). The van der Waals surface area contributed by atoms with Gasteiger partial charge in [-0.25, -0.2) is 14.6 Å². The van der Waals surface area contributed by atoms with Crippen molar-refractivity contribution in [1.29, 1.82) is 0 Å². The molecule has 1 saturated heterocycles. The molecule has 52 heavy (non-hydrogen) atoms. The van der Waals surface area contributed by atoms with Crippen LogP contribution in [0.5, 0.6) is 0 Å². The molecule has 1 aromatic carbocycles. The molecule has 2 aromatic rings. The van der Waals surface area contributed by atoms with Crippen LogP contribution >= 0.6 is 0 Å². The third-order valence-electron chi connectivity index (χ3n) is 9.43. The highest BCUT2D eigenvalue weighted by Crippen LogP contribution is 2.23. The highest BCUT2D eigenvalue weighted by molar-refractivity contribution is 5.88. The monoisotopic (exact) mass is 725 g/mol. The second kappa shape index (κ2) is 19.5. The lowest BCUT2D eigenvalue weighted by Crippen LogP contribution is -2.60. The molecule has 0 unspecified atom stereocenters. The number of nitrogens with zero attached hydrogens (tertiary/aromatic N) is 4. The van der Waals surface area contributed by atoms with E-state index in [1.54, 1.807) is 53.8 Å². The fraction of sp³-hybridized carbons (Fsp3) is 0.605. The van der Waals surface area contributed by atoms with E-state index < -0.39 is 41.6 Å². The van der Waals surface area contributed by atoms with E-state index in [0.717, 1.165) is 5.56 Å². The highest BCUT2D eigenvalue weighted by atomic mass is 16.4. The Bertz CT molecular complexity index is 1470. The molecule has 1 aliphatic rings. The Morgan fingerprint density at radius 1 is 0.962 bits per heavy atom. The second-order valence-corrected chi connectivity index (χ2v) is 15.2. The van der Waals surface area contributed by atoms with Crippen LogP contribution in [-0.4, -0.2) is 109 Å². The van der Waals surface area contributed by atoms with Crippen molar-refractivity contribution in [2.24, 2.45) is 17.3 Å². The van der Waals surface area contributed by atoms with Crippen LogP contribution in [0.2, 0.25) is 0 Å². The summed E-state index contributed by atoms with van der Waals surface area (Å²) < 4.78 is 0. The molecular weight excluding hydrogens is 666 g/mol. The molecule has 0 radical (unpaired) electrons. The Balaban J connectivity index is 1.86. The number of carboxylic acid groups (broad SMARTS) is 1. The largest absolute Gasteiger partial charge is 0.465 e. The minimum Gasteiger partial charge on any atom is -0.465 e. The van der Waals surface area contributed by atoms with Crippen LogP contribution in [-0.2, 0) is 29.2 Å². The summed E-state index contributed by atoms with van der Waals surface area (Å²) in [4.78, 5) is 60.7. The zero-order chi connectivity index (χ0) is 38.6. The number of aliphatic hydroxyl groups excluding tert-OH is 2. The van der Waals surface area contributed by atoms with Gasteiger partial charge >= 0.3 is 12.1 Å². The molecule has 1 aromatic heterocycles. The van der Waals surface area contributed by atoms with Crippen molar-refractivity contribution in [2.45, 2.75) is 105 Å². The summed E-state index contributed by atoms with van der Waals surface area (Å²) in [6.07, 6.45) is -0.894. The van der Waals surface area contributed by atoms with Crippen LogP contribution in [0.3, 0.4) is 0 Å². The number of hydrogen-bond acceptors (Lipinski definition) is 8. The van der Waals surface area contributed by atoms with E-state index in [1.165, 1.54) is 0 Å². The van der Waals surface area contributed by atoms with E-state index in [9.17, 15) is 34.5 Å². The first-order valence-electron chi connectivity index (χ1n) is 18.2. The summed E-state index contributed by atoms with van der Waals surface area (Å²) in [5.74, 6) is -0.870. The lowest BCUT2D eigenvalue weighted by atomic mass is 9.86. The molecule has 0 aliphatic carbocycles. The van der Waals surface area contributed by atoms with E-state index in [2.05, 4.69) is 21.0 Å². The van der Waals surface area contributed by atoms with Crippen LogP contribution in [0.25, 0.3) is 0 Å². The smallest absolute Gasteiger partial charge is 0.405 e. The van der Waals surface area contributed by atoms with Gasteiger partial charge in [0, 0.05) is 26.2 Å². The maximum atomic E-state index is 14.3. The zero-order valence-corrected chi connectivity index (χ0v) is 31.7. The number of rotatable bonds is 19. The molecule has 288 valence electrons. The van der Waals surface area contributed by atoms with Crippen LogP contribution < -0.4 is 16.1 Å². The van der Waals surface area contributed by atoms with Gasteiger partial charge in [-0.05, 0) is 47.8 Å². The first-order chi connectivity index (χ1) is 24.5. The molecule has 2 heterocycles. The van der Waals surface area contributed by atoms with Crippen molar-refractivity contribution in [3.05, 3.63) is 65.5 Å². The maximum Gasteiger partial charge on any atom is 0.405 e. The molecule has 14 heteroatoms. The number of aromatic nitrogens is 1. The van der Waals surface area contributed by atoms with Gasteiger partial charge < -0.3 is 35.8 Å². The number of pyridine rings is 1. The molecule has 0 bridgehead atoms. The Morgan fingerprint density at radius 3 is 2.23 bits per heavy atom. The molecule has 5 amide bonds. The number of hydrogen-bond donors (Lipinski definition) is 6. The molecular formula is C38H59N7O7. The number of hydrazine groups is 1. The predicted molar refractivity (Wildman–Crippen MR) is 198 cm³/mol. The van der Waals surface area contributed by atoms with Crippen molar-refractivity contribution in [2.75, 3.05) is 26.2 Å². The first kappa shape index (κ1) is 42.1. The summed E-state index contributed by atoms with van der Waals surface area (Å²) in [5, 5.41) is 37.7. The summed E-state index contributed by atoms with van der Waals surface area (Å²) in [7, 11) is 0. The second-order valence-electron chi connectivity index (χ2n) is 15.2. The number of carbonyl (C=O) groups excluding carboxylic acids is 3. The highest BCUT2D eigenvalue weighted by Gasteiger charge is 2.41. The standard InChI is InChI=1S/C38H59N7O7/c1-8-26(4)32(45-20-19-43(37(45)52)22-28-15-12-16-29(24-46)39-28)34(48)40-30(21-27-13-10-9-11-14-27)31(47)23-44(18-17-25(2)3)42-35(49)33(38(5,6)7)41-36(50)51/h9-16,25-26,30-33,41,46-47H,8,17-24H2,1-7H3,(H,40,48)(H,42,49)(H,50,51)/t26-,30-,31-,32-,33+/m0/s1. The van der Waals surface area contributed by atoms with Crippen LogP contribution in [0.1, 0.15) is 78.3 Å². The Morgan fingerprint density at radius 2 is 1.63 bits per heavy atom.